The molecule has 0 heterocycles. The van der Waals surface area contributed by atoms with E-state index in [1.807, 2.05) is 0 Å². The van der Waals surface area contributed by atoms with Crippen LogP contribution in [0.3, 0.4) is 0 Å². The molecule has 2 nitrogen and oxygen atoms in total. The Morgan fingerprint density at radius 2 is 0.568 bits per heavy atom. The topological polar surface area (TPSA) is 6.48 Å². The van der Waals surface area contributed by atoms with Gasteiger partial charge in [-0.15, -0.1) is 0 Å². The van der Waals surface area contributed by atoms with Gasteiger partial charge in [0.1, 0.15) is 0 Å². The monoisotopic (exact) mass is 946 g/mol. The largest absolute Gasteiger partial charge is 0.310 e. The van der Waals surface area contributed by atoms with Gasteiger partial charge in [-0.2, -0.15) is 0 Å². The van der Waals surface area contributed by atoms with E-state index in [0.29, 0.717) is 0 Å². The first kappa shape index (κ1) is 43.8. The smallest absolute Gasteiger partial charge is 0.0468 e. The number of anilines is 6. The Morgan fingerprint density at radius 1 is 0.243 bits per heavy atom. The molecule has 14 rings (SSSR count). The first-order valence-corrected chi connectivity index (χ1v) is 26.0. The molecule has 0 radical (unpaired) electrons. The Kier molecular flexibility index (Phi) is 9.94. The summed E-state index contributed by atoms with van der Waals surface area (Å²) >= 11 is 0. The molecule has 2 aliphatic rings. The van der Waals surface area contributed by atoms with Crippen molar-refractivity contribution in [3.8, 4) is 44.5 Å². The first-order valence-electron chi connectivity index (χ1n) is 26.0. The van der Waals surface area contributed by atoms with Crippen molar-refractivity contribution in [2.24, 2.45) is 0 Å². The van der Waals surface area contributed by atoms with Crippen molar-refractivity contribution in [1.82, 2.24) is 0 Å². The van der Waals surface area contributed by atoms with E-state index in [4.69, 9.17) is 0 Å². The Labute approximate surface area is 434 Å². The molecule has 0 N–H and O–H groups in total. The minimum absolute atomic E-state index is 0.327. The van der Waals surface area contributed by atoms with Crippen LogP contribution in [0.15, 0.2) is 255 Å². The molecule has 352 valence electrons. The van der Waals surface area contributed by atoms with Gasteiger partial charge in [0, 0.05) is 45.0 Å². The quantitative estimate of drug-likeness (QED) is 0.150. The lowest BCUT2D eigenvalue weighted by atomic mass is 9.76. The molecule has 0 unspecified atom stereocenters. The fraction of sp³-hybridized carbons (Fsp3) is 0.0833. The summed E-state index contributed by atoms with van der Waals surface area (Å²) in [4.78, 5) is 4.84. The van der Waals surface area contributed by atoms with Crippen LogP contribution >= 0.6 is 0 Å². The molecular weight excluding hydrogens is 893 g/mol. The molecule has 0 spiro atoms. The van der Waals surface area contributed by atoms with Crippen molar-refractivity contribution in [3.63, 3.8) is 0 Å². The van der Waals surface area contributed by atoms with E-state index in [1.54, 1.807) is 0 Å². The number of fused-ring (bicyclic) bond motifs is 9. The van der Waals surface area contributed by atoms with Crippen molar-refractivity contribution >= 4 is 66.4 Å². The second-order valence-electron chi connectivity index (χ2n) is 21.3. The van der Waals surface area contributed by atoms with Gasteiger partial charge in [-0.1, -0.05) is 198 Å². The molecule has 12 aromatic rings. The van der Waals surface area contributed by atoms with Crippen molar-refractivity contribution < 1.29 is 0 Å². The molecule has 0 aromatic heterocycles. The van der Waals surface area contributed by atoms with Crippen LogP contribution in [0.5, 0.6) is 0 Å². The zero-order valence-corrected chi connectivity index (χ0v) is 42.1. The molecule has 0 saturated carbocycles. The Hall–Kier alpha value is -8.98. The molecule has 12 aromatic carbocycles. The second kappa shape index (κ2) is 16.8. The maximum Gasteiger partial charge on any atom is 0.0468 e. The van der Waals surface area contributed by atoms with Crippen molar-refractivity contribution in [2.75, 3.05) is 9.80 Å². The van der Waals surface area contributed by atoms with E-state index in [1.165, 1.54) is 99.1 Å². The van der Waals surface area contributed by atoms with E-state index >= 15 is 0 Å². The van der Waals surface area contributed by atoms with Crippen molar-refractivity contribution in [2.45, 2.75) is 38.5 Å². The molecule has 0 saturated heterocycles. The Morgan fingerprint density at radius 3 is 0.959 bits per heavy atom. The van der Waals surface area contributed by atoms with Gasteiger partial charge in [0.15, 0.2) is 0 Å². The number of para-hydroxylation sites is 2. The predicted octanol–water partition coefficient (Wildman–Crippen LogP) is 20.0. The summed E-state index contributed by atoms with van der Waals surface area (Å²) in [7, 11) is 0. The molecule has 0 atom stereocenters. The molecule has 74 heavy (non-hydrogen) atoms. The van der Waals surface area contributed by atoms with Crippen LogP contribution in [0.1, 0.15) is 49.9 Å². The molecular formula is C72H54N2. The maximum atomic E-state index is 2.58. The highest BCUT2D eigenvalue weighted by Gasteiger charge is 2.42. The zero-order valence-electron chi connectivity index (χ0n) is 42.1. The molecule has 2 aliphatic carbocycles. The number of hydrogen-bond acceptors (Lipinski definition) is 2. The number of benzene rings is 12. The Bertz CT molecular complexity index is 3900. The van der Waals surface area contributed by atoms with E-state index in [2.05, 4.69) is 292 Å². The molecule has 0 amide bonds. The van der Waals surface area contributed by atoms with Gasteiger partial charge in [0.2, 0.25) is 0 Å². The minimum Gasteiger partial charge on any atom is -0.310 e. The predicted molar refractivity (Wildman–Crippen MR) is 314 cm³/mol. The van der Waals surface area contributed by atoms with Gasteiger partial charge < -0.3 is 9.80 Å². The van der Waals surface area contributed by atoms with Gasteiger partial charge in [-0.3, -0.25) is 0 Å². The van der Waals surface area contributed by atoms with Crippen LogP contribution < -0.4 is 9.80 Å². The van der Waals surface area contributed by atoms with E-state index in [-0.39, 0.29) is 10.8 Å². The third kappa shape index (κ3) is 6.78. The van der Waals surface area contributed by atoms with E-state index in [9.17, 15) is 0 Å². The lowest BCUT2D eigenvalue weighted by molar-refractivity contribution is 0.660. The minimum atomic E-state index is -0.327. The van der Waals surface area contributed by atoms with Gasteiger partial charge in [-0.05, 0) is 184 Å². The van der Waals surface area contributed by atoms with Crippen molar-refractivity contribution in [3.05, 3.63) is 277 Å². The van der Waals surface area contributed by atoms with Crippen molar-refractivity contribution in [1.29, 1.82) is 0 Å². The highest BCUT2D eigenvalue weighted by molar-refractivity contribution is 6.17. The maximum absolute atomic E-state index is 2.58. The second-order valence-corrected chi connectivity index (χ2v) is 21.3. The average molecular weight is 947 g/mol. The molecule has 0 bridgehead atoms. The highest BCUT2D eigenvalue weighted by atomic mass is 15.1. The third-order valence-corrected chi connectivity index (χ3v) is 16.3. The van der Waals surface area contributed by atoms with Gasteiger partial charge in [-0.25, -0.2) is 0 Å². The third-order valence-electron chi connectivity index (χ3n) is 16.3. The van der Waals surface area contributed by atoms with E-state index in [0.717, 1.165) is 34.1 Å². The standard InChI is InChI=1S/C72H54N2/c1-71(2)63-43-57(73(53-29-13-7-14-30-53)55-35-33-47-21-17-19-27-51(47)41-55)37-39-59(63)69-65(71)45-61-62(67(69)49-23-9-5-10-24-49)46-66-70(68(61)50-25-11-6-12-26-50)60-40-38-58(44-64(60)72(66,3)4)74(54-31-15-8-16-32-54)56-36-34-48-22-18-20-28-52(48)42-56/h5-46H,1-4H3. The molecule has 0 fully saturated rings. The first-order chi connectivity index (χ1) is 36.2. The molecule has 0 aliphatic heterocycles. The number of rotatable bonds is 8. The van der Waals surface area contributed by atoms with Crippen LogP contribution in [-0.2, 0) is 10.8 Å². The van der Waals surface area contributed by atoms with Gasteiger partial charge in [0.05, 0.1) is 0 Å². The average Bonchev–Trinajstić information content (AvgIpc) is 3.81. The Balaban J connectivity index is 0.996. The summed E-state index contributed by atoms with van der Waals surface area (Å²) in [5, 5.41) is 7.48. The van der Waals surface area contributed by atoms with Gasteiger partial charge in [0.25, 0.3) is 0 Å². The molecule has 2 heteroatoms. The summed E-state index contributed by atoms with van der Waals surface area (Å²) in [5.41, 5.74) is 21.8. The lowest BCUT2D eigenvalue weighted by Crippen LogP contribution is -2.17. The summed E-state index contributed by atoms with van der Waals surface area (Å²) < 4.78 is 0. The number of hydrogen-bond donors (Lipinski definition) is 0. The summed E-state index contributed by atoms with van der Waals surface area (Å²) in [6.07, 6.45) is 0. The lowest BCUT2D eigenvalue weighted by Gasteiger charge is -2.28. The summed E-state index contributed by atoms with van der Waals surface area (Å²) in [6, 6.07) is 94.6. The highest BCUT2D eigenvalue weighted by Crippen LogP contribution is 2.61. The van der Waals surface area contributed by atoms with E-state index < -0.39 is 0 Å². The fourth-order valence-corrected chi connectivity index (χ4v) is 12.7. The van der Waals surface area contributed by atoms with Gasteiger partial charge >= 0.3 is 0 Å². The van der Waals surface area contributed by atoms with Crippen LogP contribution in [0.4, 0.5) is 34.1 Å². The zero-order chi connectivity index (χ0) is 49.7. The SMILES string of the molecule is CC1(C)c2cc(N(c3ccccc3)c3ccc4ccccc4c3)ccc2-c2c1cc1c(-c3ccccc3)c3c(cc1c2-c1ccccc1)C(C)(C)c1cc(N(c2ccccc2)c2ccc4ccccc4c2)ccc1-3. The van der Waals surface area contributed by atoms with Crippen LogP contribution in [-0.4, -0.2) is 0 Å². The normalized spacial score (nSPS) is 13.6. The van der Waals surface area contributed by atoms with Crippen LogP contribution in [0, 0.1) is 0 Å². The summed E-state index contributed by atoms with van der Waals surface area (Å²) in [6.45, 7) is 9.76. The van der Waals surface area contributed by atoms with Crippen LogP contribution in [0.25, 0.3) is 76.8 Å². The fourth-order valence-electron chi connectivity index (χ4n) is 12.7. The number of nitrogens with zero attached hydrogens (tertiary/aromatic N) is 2. The summed E-state index contributed by atoms with van der Waals surface area (Å²) in [5.74, 6) is 0. The van der Waals surface area contributed by atoms with Crippen LogP contribution in [0.2, 0.25) is 0 Å².